The largest absolute Gasteiger partial charge is 0.494 e. The van der Waals surface area contributed by atoms with Gasteiger partial charge in [0.25, 0.3) is 5.69 Å². The van der Waals surface area contributed by atoms with Crippen molar-refractivity contribution in [3.8, 4) is 5.75 Å². The molecule has 0 fully saturated rings. The molecule has 0 amide bonds. The maximum Gasteiger partial charge on any atom is 0.269 e. The second-order valence-electron chi connectivity index (χ2n) is 5.09. The third-order valence-electron chi connectivity index (χ3n) is 3.35. The Kier molecular flexibility index (Phi) is 9.05. The molecule has 2 aromatic rings. The Labute approximate surface area is 158 Å². The number of non-ortho nitro benzene ring substituents is 1. The first kappa shape index (κ1) is 21.0. The predicted molar refractivity (Wildman–Crippen MR) is 103 cm³/mol. The van der Waals surface area contributed by atoms with E-state index in [4.69, 9.17) is 16.3 Å². The first-order chi connectivity index (χ1) is 11.6. The molecule has 8 heteroatoms. The van der Waals surface area contributed by atoms with E-state index in [1.807, 2.05) is 25.1 Å². The molecule has 2 rings (SSSR count). The van der Waals surface area contributed by atoms with E-state index >= 15 is 0 Å². The summed E-state index contributed by atoms with van der Waals surface area (Å²) in [4.78, 5) is 10.2. The minimum absolute atomic E-state index is 0. The molecule has 0 atom stereocenters. The van der Waals surface area contributed by atoms with E-state index in [1.165, 1.54) is 12.1 Å². The summed E-state index contributed by atoms with van der Waals surface area (Å²) >= 11 is 6.03. The molecule has 0 aromatic heterocycles. The van der Waals surface area contributed by atoms with Crippen LogP contribution in [-0.2, 0) is 6.54 Å². The van der Waals surface area contributed by atoms with Crippen molar-refractivity contribution in [2.24, 2.45) is 0 Å². The zero-order chi connectivity index (χ0) is 17.4. The van der Waals surface area contributed by atoms with Crippen LogP contribution in [0.4, 0.5) is 11.4 Å². The molecule has 0 aliphatic heterocycles. The fraction of sp³-hybridized carbons (Fsp3) is 0.294. The summed E-state index contributed by atoms with van der Waals surface area (Å²) in [6.07, 6.45) is 0. The molecule has 0 aliphatic carbocycles. The summed E-state index contributed by atoms with van der Waals surface area (Å²) in [5.74, 6) is 0.831. The van der Waals surface area contributed by atoms with Crippen LogP contribution >= 0.6 is 24.0 Å². The average molecular weight is 386 g/mol. The second-order valence-corrected chi connectivity index (χ2v) is 5.53. The SMILES string of the molecule is CCOc1ccc(Cl)cc1CNCCNc1ccc([N+](=O)[O-])cc1.Cl. The van der Waals surface area contributed by atoms with Crippen molar-refractivity contribution in [1.82, 2.24) is 5.32 Å². The number of rotatable bonds is 9. The lowest BCUT2D eigenvalue weighted by atomic mass is 10.2. The van der Waals surface area contributed by atoms with Crippen LogP contribution < -0.4 is 15.4 Å². The van der Waals surface area contributed by atoms with Gasteiger partial charge in [0.1, 0.15) is 5.75 Å². The molecular weight excluding hydrogens is 365 g/mol. The first-order valence-electron chi connectivity index (χ1n) is 7.70. The number of nitro groups is 1. The smallest absolute Gasteiger partial charge is 0.269 e. The summed E-state index contributed by atoms with van der Waals surface area (Å²) in [6, 6.07) is 11.9. The zero-order valence-electron chi connectivity index (χ0n) is 13.8. The Balaban J connectivity index is 0.00000312. The van der Waals surface area contributed by atoms with Crippen molar-refractivity contribution in [1.29, 1.82) is 0 Å². The van der Waals surface area contributed by atoms with Crippen LogP contribution in [0.2, 0.25) is 5.02 Å². The van der Waals surface area contributed by atoms with Crippen molar-refractivity contribution >= 4 is 35.4 Å². The van der Waals surface area contributed by atoms with Gasteiger partial charge in [0.15, 0.2) is 0 Å². The number of hydrogen-bond acceptors (Lipinski definition) is 5. The van der Waals surface area contributed by atoms with E-state index in [0.29, 0.717) is 24.7 Å². The van der Waals surface area contributed by atoms with Gasteiger partial charge < -0.3 is 15.4 Å². The summed E-state index contributed by atoms with van der Waals surface area (Å²) in [5, 5.41) is 17.8. The summed E-state index contributed by atoms with van der Waals surface area (Å²) in [5.41, 5.74) is 1.95. The molecular formula is C17H21Cl2N3O3. The molecule has 0 saturated heterocycles. The Bertz CT molecular complexity index is 681. The molecule has 2 N–H and O–H groups in total. The van der Waals surface area contributed by atoms with Crippen molar-refractivity contribution in [3.63, 3.8) is 0 Å². The highest BCUT2D eigenvalue weighted by Crippen LogP contribution is 2.22. The highest BCUT2D eigenvalue weighted by atomic mass is 35.5. The molecule has 0 aliphatic rings. The Hall–Kier alpha value is -2.02. The van der Waals surface area contributed by atoms with Crippen LogP contribution in [-0.4, -0.2) is 24.6 Å². The van der Waals surface area contributed by atoms with E-state index in [2.05, 4.69) is 10.6 Å². The summed E-state index contributed by atoms with van der Waals surface area (Å²) < 4.78 is 5.58. The fourth-order valence-corrected chi connectivity index (χ4v) is 2.40. The second kappa shape index (κ2) is 10.8. The molecule has 25 heavy (non-hydrogen) atoms. The van der Waals surface area contributed by atoms with Crippen molar-refractivity contribution < 1.29 is 9.66 Å². The maximum absolute atomic E-state index is 10.6. The van der Waals surface area contributed by atoms with E-state index in [-0.39, 0.29) is 18.1 Å². The van der Waals surface area contributed by atoms with Crippen LogP contribution in [0.3, 0.4) is 0 Å². The van der Waals surface area contributed by atoms with Gasteiger partial charge in [-0.2, -0.15) is 0 Å². The number of nitro benzene ring substituents is 1. The summed E-state index contributed by atoms with van der Waals surface area (Å²) in [6.45, 7) is 4.63. The zero-order valence-corrected chi connectivity index (χ0v) is 15.4. The van der Waals surface area contributed by atoms with Crippen LogP contribution in [0.1, 0.15) is 12.5 Å². The quantitative estimate of drug-likeness (QED) is 0.382. The predicted octanol–water partition coefficient (Wildman–Crippen LogP) is 4.27. The highest BCUT2D eigenvalue weighted by molar-refractivity contribution is 6.30. The van der Waals surface area contributed by atoms with Gasteiger partial charge in [-0.25, -0.2) is 0 Å². The molecule has 6 nitrogen and oxygen atoms in total. The lowest BCUT2D eigenvalue weighted by molar-refractivity contribution is -0.384. The van der Waals surface area contributed by atoms with Gasteiger partial charge in [-0.15, -0.1) is 12.4 Å². The van der Waals surface area contributed by atoms with Gasteiger partial charge >= 0.3 is 0 Å². The topological polar surface area (TPSA) is 76.4 Å². The van der Waals surface area contributed by atoms with E-state index < -0.39 is 4.92 Å². The molecule has 0 spiro atoms. The highest BCUT2D eigenvalue weighted by Gasteiger charge is 2.05. The normalized spacial score (nSPS) is 10.0. The van der Waals surface area contributed by atoms with Crippen LogP contribution in [0.5, 0.6) is 5.75 Å². The third-order valence-corrected chi connectivity index (χ3v) is 3.58. The van der Waals surface area contributed by atoms with E-state index in [1.54, 1.807) is 12.1 Å². The Morgan fingerprint density at radius 2 is 1.88 bits per heavy atom. The molecule has 0 heterocycles. The number of anilines is 1. The van der Waals surface area contributed by atoms with E-state index in [0.717, 1.165) is 23.5 Å². The van der Waals surface area contributed by atoms with Crippen molar-refractivity contribution in [2.75, 3.05) is 25.0 Å². The lowest BCUT2D eigenvalue weighted by Gasteiger charge is -2.12. The van der Waals surface area contributed by atoms with Gasteiger partial charge in [0, 0.05) is 48.0 Å². The molecule has 0 saturated carbocycles. The lowest BCUT2D eigenvalue weighted by Crippen LogP contribution is -2.22. The van der Waals surface area contributed by atoms with Crippen molar-refractivity contribution in [2.45, 2.75) is 13.5 Å². The molecule has 2 aromatic carbocycles. The number of nitrogens with one attached hydrogen (secondary N) is 2. The number of nitrogens with zero attached hydrogens (tertiary/aromatic N) is 1. The van der Waals surface area contributed by atoms with Crippen molar-refractivity contribution in [3.05, 3.63) is 63.2 Å². The van der Waals surface area contributed by atoms with Gasteiger partial charge in [-0.05, 0) is 37.3 Å². The fourth-order valence-electron chi connectivity index (χ4n) is 2.20. The number of ether oxygens (including phenoxy) is 1. The van der Waals surface area contributed by atoms with Gasteiger partial charge in [-0.3, -0.25) is 10.1 Å². The maximum atomic E-state index is 10.6. The first-order valence-corrected chi connectivity index (χ1v) is 8.08. The Morgan fingerprint density at radius 1 is 1.16 bits per heavy atom. The molecule has 0 bridgehead atoms. The number of hydrogen-bond donors (Lipinski definition) is 2. The van der Waals surface area contributed by atoms with Gasteiger partial charge in [-0.1, -0.05) is 11.6 Å². The molecule has 0 unspecified atom stereocenters. The number of benzene rings is 2. The van der Waals surface area contributed by atoms with Crippen LogP contribution in [0.15, 0.2) is 42.5 Å². The summed E-state index contributed by atoms with van der Waals surface area (Å²) in [7, 11) is 0. The van der Waals surface area contributed by atoms with Crippen LogP contribution in [0.25, 0.3) is 0 Å². The minimum atomic E-state index is -0.410. The molecule has 0 radical (unpaired) electrons. The Morgan fingerprint density at radius 3 is 2.52 bits per heavy atom. The van der Waals surface area contributed by atoms with E-state index in [9.17, 15) is 10.1 Å². The molecule has 136 valence electrons. The minimum Gasteiger partial charge on any atom is -0.494 e. The van der Waals surface area contributed by atoms with Crippen LogP contribution in [0, 0.1) is 10.1 Å². The number of halogens is 2. The monoisotopic (exact) mass is 385 g/mol. The van der Waals surface area contributed by atoms with Gasteiger partial charge in [0.05, 0.1) is 11.5 Å². The van der Waals surface area contributed by atoms with Gasteiger partial charge in [0.2, 0.25) is 0 Å². The third kappa shape index (κ3) is 6.78. The standard InChI is InChI=1S/C17H20ClN3O3.ClH/c1-2-24-17-8-3-14(18)11-13(17)12-19-9-10-20-15-4-6-16(7-5-15)21(22)23;/h3-8,11,19-20H,2,9-10,12H2,1H3;1H. The average Bonchev–Trinajstić information content (AvgIpc) is 2.57.